The molecule has 0 aromatic heterocycles. The second kappa shape index (κ2) is 2.60. The van der Waals surface area contributed by atoms with E-state index < -0.39 is 0 Å². The Labute approximate surface area is 27.5 Å². The van der Waals surface area contributed by atoms with Crippen molar-refractivity contribution in [2.24, 2.45) is 0 Å². The molecule has 0 unspecified atom stereocenters. The summed E-state index contributed by atoms with van der Waals surface area (Å²) >= 11 is 0. The summed E-state index contributed by atoms with van der Waals surface area (Å²) in [5.41, 5.74) is 7.48. The highest BCUT2D eigenvalue weighted by molar-refractivity contribution is 6.48. The minimum Gasteiger partial charge on any atom is -0.363 e. The molecule has 0 aliphatic rings. The summed E-state index contributed by atoms with van der Waals surface area (Å²) in [6, 6.07) is 0. The van der Waals surface area contributed by atoms with Crippen LogP contribution in [0.2, 0.25) is 0 Å². The molecule has 0 fully saturated rings. The SMILES string of the molecule is [N-]=[N+]=C[SiH3]. The van der Waals surface area contributed by atoms with Crippen LogP contribution >= 0.6 is 0 Å². The largest absolute Gasteiger partial charge is 0.363 e. The third-order valence-electron chi connectivity index (χ3n) is 0.115. The minimum atomic E-state index is 0.848. The van der Waals surface area contributed by atoms with E-state index in [1.165, 1.54) is 5.84 Å². The number of hydrogen-bond donors (Lipinski definition) is 0. The molecule has 0 saturated heterocycles. The van der Waals surface area contributed by atoms with Gasteiger partial charge in [-0.2, -0.15) is 4.79 Å². The predicted octanol–water partition coefficient (Wildman–Crippen LogP) is -1.39. The quantitative estimate of drug-likeness (QED) is 0.146. The number of nitrogens with zero attached hydrogens (tertiary/aromatic N) is 2. The number of rotatable bonds is 0. The first-order valence-corrected chi connectivity index (χ1v) is 2.19. The molecular formula is CH4N2Si. The normalized spacial score (nSPS) is 5.00. The molecule has 0 aliphatic heterocycles. The summed E-state index contributed by atoms with van der Waals surface area (Å²) < 4.78 is 0. The molecule has 0 aromatic carbocycles. The van der Waals surface area contributed by atoms with Crippen LogP contribution in [0.4, 0.5) is 0 Å². The summed E-state index contributed by atoms with van der Waals surface area (Å²) in [5.74, 6) is 1.44. The molecule has 4 heavy (non-hydrogen) atoms. The van der Waals surface area contributed by atoms with Gasteiger partial charge in [0.1, 0.15) is 10.2 Å². The van der Waals surface area contributed by atoms with E-state index in [0.717, 1.165) is 10.2 Å². The lowest BCUT2D eigenvalue weighted by Crippen LogP contribution is -1.60. The van der Waals surface area contributed by atoms with Crippen molar-refractivity contribution in [2.75, 3.05) is 0 Å². The molecular weight excluding hydrogens is 68.1 g/mol. The van der Waals surface area contributed by atoms with Crippen LogP contribution in [0.15, 0.2) is 0 Å². The van der Waals surface area contributed by atoms with E-state index in [2.05, 4.69) is 4.79 Å². The average molecular weight is 72.1 g/mol. The zero-order chi connectivity index (χ0) is 3.41. The van der Waals surface area contributed by atoms with Gasteiger partial charge in [0.15, 0.2) is 0 Å². The molecule has 2 nitrogen and oxygen atoms in total. The van der Waals surface area contributed by atoms with Gasteiger partial charge < -0.3 is 5.53 Å². The van der Waals surface area contributed by atoms with Crippen molar-refractivity contribution in [3.05, 3.63) is 5.53 Å². The Morgan fingerprint density at radius 3 is 2.25 bits per heavy atom. The van der Waals surface area contributed by atoms with Gasteiger partial charge in [-0.3, -0.25) is 0 Å². The lowest BCUT2D eigenvalue weighted by Gasteiger charge is -1.31. The topological polar surface area (TPSA) is 36.4 Å². The van der Waals surface area contributed by atoms with Crippen LogP contribution in [-0.2, 0) is 0 Å². The first-order valence-electron chi connectivity index (χ1n) is 1.04. The van der Waals surface area contributed by atoms with Gasteiger partial charge in [-0.1, -0.05) is 0 Å². The van der Waals surface area contributed by atoms with Gasteiger partial charge in [0.2, 0.25) is 5.84 Å². The maximum atomic E-state index is 7.48. The molecule has 0 N–H and O–H groups in total. The molecule has 0 amide bonds. The van der Waals surface area contributed by atoms with Gasteiger partial charge in [0, 0.05) is 0 Å². The Bertz CT molecular complexity index is 44.0. The summed E-state index contributed by atoms with van der Waals surface area (Å²) in [5, 5.41) is 0. The zero-order valence-corrected chi connectivity index (χ0v) is 4.47. The highest BCUT2D eigenvalue weighted by Crippen LogP contribution is 1.07. The van der Waals surface area contributed by atoms with Crippen LogP contribution in [0.1, 0.15) is 0 Å². The minimum absolute atomic E-state index is 0.848. The van der Waals surface area contributed by atoms with Crippen LogP contribution in [-0.4, -0.2) is 20.9 Å². The van der Waals surface area contributed by atoms with Gasteiger partial charge in [-0.15, -0.1) is 0 Å². The van der Waals surface area contributed by atoms with E-state index in [4.69, 9.17) is 5.53 Å². The molecule has 0 aromatic rings. The maximum Gasteiger partial charge on any atom is 0.215 e. The van der Waals surface area contributed by atoms with Crippen LogP contribution in [0.3, 0.4) is 0 Å². The summed E-state index contributed by atoms with van der Waals surface area (Å²) in [4.78, 5) is 2.67. The number of hydrogen-bond acceptors (Lipinski definition) is 0. The summed E-state index contributed by atoms with van der Waals surface area (Å²) in [7, 11) is 0.848. The second-order valence-electron chi connectivity index (χ2n) is 0.374. The van der Waals surface area contributed by atoms with Crippen LogP contribution in [0, 0.1) is 0 Å². The third kappa shape index (κ3) is 1.60. The second-order valence-corrected chi connectivity index (χ2v) is 0.890. The highest BCUT2D eigenvalue weighted by atomic mass is 28.1. The fraction of sp³-hybridized carbons (Fsp3) is 0. The Hall–Kier alpha value is -0.403. The molecule has 0 atom stereocenters. The molecule has 22 valence electrons. The first kappa shape index (κ1) is 3.60. The van der Waals surface area contributed by atoms with E-state index in [0.29, 0.717) is 0 Å². The maximum absolute atomic E-state index is 7.48. The van der Waals surface area contributed by atoms with Gasteiger partial charge in [-0.25, -0.2) is 0 Å². The molecule has 0 radical (unpaired) electrons. The smallest absolute Gasteiger partial charge is 0.215 e. The highest BCUT2D eigenvalue weighted by Gasteiger charge is 1.39. The molecule has 0 heterocycles. The monoisotopic (exact) mass is 72.0 g/mol. The van der Waals surface area contributed by atoms with Crippen molar-refractivity contribution in [3.63, 3.8) is 0 Å². The van der Waals surface area contributed by atoms with E-state index >= 15 is 0 Å². The van der Waals surface area contributed by atoms with E-state index in [1.807, 2.05) is 0 Å². The van der Waals surface area contributed by atoms with Crippen molar-refractivity contribution in [3.8, 4) is 0 Å². The molecule has 0 aliphatic carbocycles. The molecule has 0 rings (SSSR count). The van der Waals surface area contributed by atoms with Crippen molar-refractivity contribution >= 4 is 16.1 Å². The molecule has 0 spiro atoms. The van der Waals surface area contributed by atoms with Crippen molar-refractivity contribution in [1.29, 1.82) is 0 Å². The standard InChI is InChI=1S/CH4N2Si/c2-3-1-4/h1H,4H3. The lowest BCUT2D eigenvalue weighted by atomic mass is 11.7. The van der Waals surface area contributed by atoms with Gasteiger partial charge in [0.25, 0.3) is 0 Å². The Balaban J connectivity index is 3.11. The van der Waals surface area contributed by atoms with Gasteiger partial charge in [-0.05, 0) is 0 Å². The van der Waals surface area contributed by atoms with Crippen molar-refractivity contribution in [2.45, 2.75) is 0 Å². The Kier molecular flexibility index (Phi) is 2.34. The summed E-state index contributed by atoms with van der Waals surface area (Å²) in [6.45, 7) is 0. The lowest BCUT2D eigenvalue weighted by molar-refractivity contribution is 0.00769. The fourth-order valence-corrected chi connectivity index (χ4v) is 0. The molecule has 0 bridgehead atoms. The predicted molar refractivity (Wildman–Crippen MR) is 19.6 cm³/mol. The Morgan fingerprint density at radius 2 is 2.25 bits per heavy atom. The van der Waals surface area contributed by atoms with Crippen LogP contribution in [0.5, 0.6) is 0 Å². The van der Waals surface area contributed by atoms with Crippen LogP contribution in [0.25, 0.3) is 5.53 Å². The fourth-order valence-electron chi connectivity index (χ4n) is 0. The van der Waals surface area contributed by atoms with E-state index in [9.17, 15) is 0 Å². The Morgan fingerprint density at radius 1 is 2.00 bits per heavy atom. The molecule has 0 saturated carbocycles. The van der Waals surface area contributed by atoms with Crippen molar-refractivity contribution < 1.29 is 4.79 Å². The third-order valence-corrected chi connectivity index (χ3v) is 0.346. The van der Waals surface area contributed by atoms with Crippen molar-refractivity contribution in [1.82, 2.24) is 0 Å². The zero-order valence-electron chi connectivity index (χ0n) is 2.47. The first-order chi connectivity index (χ1) is 1.91. The summed E-state index contributed by atoms with van der Waals surface area (Å²) in [6.07, 6.45) is 0. The van der Waals surface area contributed by atoms with Gasteiger partial charge >= 0.3 is 0 Å². The van der Waals surface area contributed by atoms with Crippen LogP contribution < -0.4 is 0 Å². The molecule has 3 heteroatoms. The van der Waals surface area contributed by atoms with Gasteiger partial charge in [0.05, 0.1) is 0 Å². The van der Waals surface area contributed by atoms with E-state index in [1.54, 1.807) is 0 Å². The van der Waals surface area contributed by atoms with E-state index in [-0.39, 0.29) is 0 Å². The average Bonchev–Trinajstić information content (AvgIpc) is 1.37.